The molecule has 0 aromatic heterocycles. The van der Waals surface area contributed by atoms with Crippen LogP contribution in [0.25, 0.3) is 0 Å². The summed E-state index contributed by atoms with van der Waals surface area (Å²) in [6.07, 6.45) is 4.66. The van der Waals surface area contributed by atoms with Crippen molar-refractivity contribution in [3.63, 3.8) is 0 Å². The van der Waals surface area contributed by atoms with Crippen molar-refractivity contribution in [1.29, 1.82) is 0 Å². The summed E-state index contributed by atoms with van der Waals surface area (Å²) < 4.78 is 0. The molecule has 0 radical (unpaired) electrons. The molecule has 1 heterocycles. The number of aryl methyl sites for hydroxylation is 1. The van der Waals surface area contributed by atoms with E-state index < -0.39 is 0 Å². The van der Waals surface area contributed by atoms with Gasteiger partial charge >= 0.3 is 0 Å². The van der Waals surface area contributed by atoms with Crippen LogP contribution in [0.5, 0.6) is 0 Å². The van der Waals surface area contributed by atoms with Crippen molar-refractivity contribution in [1.82, 2.24) is 4.90 Å². The molecule has 2 aliphatic rings. The molecule has 98 valence electrons. The van der Waals surface area contributed by atoms with Gasteiger partial charge in [0.1, 0.15) is 6.23 Å². The van der Waals surface area contributed by atoms with Gasteiger partial charge in [0.15, 0.2) is 0 Å². The Morgan fingerprint density at radius 3 is 2.61 bits per heavy atom. The summed E-state index contributed by atoms with van der Waals surface area (Å²) in [4.78, 5) is 2.30. The van der Waals surface area contributed by atoms with Crippen LogP contribution in [0.3, 0.4) is 0 Å². The standard InChI is InChI=1S/C15H20BrNO/c16-9-15(18)17-10-13-4-2-1-3-11(13)7-8-14(17)12-5-6-12/h1-4,12,14-15,18H,5-10H2/t14-,15?/m0/s1. The predicted molar refractivity (Wildman–Crippen MR) is 76.6 cm³/mol. The van der Waals surface area contributed by atoms with Crippen LogP contribution in [0.15, 0.2) is 24.3 Å². The van der Waals surface area contributed by atoms with Crippen LogP contribution in [0.2, 0.25) is 0 Å². The van der Waals surface area contributed by atoms with Gasteiger partial charge in [0, 0.05) is 17.9 Å². The number of fused-ring (bicyclic) bond motifs is 1. The molecule has 1 N–H and O–H groups in total. The van der Waals surface area contributed by atoms with Crippen LogP contribution < -0.4 is 0 Å². The Kier molecular flexibility index (Phi) is 3.73. The van der Waals surface area contributed by atoms with E-state index in [1.807, 2.05) is 0 Å². The summed E-state index contributed by atoms with van der Waals surface area (Å²) in [5.41, 5.74) is 2.85. The van der Waals surface area contributed by atoms with Crippen LogP contribution in [-0.2, 0) is 13.0 Å². The molecule has 1 aromatic rings. The maximum absolute atomic E-state index is 10.3. The van der Waals surface area contributed by atoms with E-state index >= 15 is 0 Å². The van der Waals surface area contributed by atoms with Crippen molar-refractivity contribution < 1.29 is 5.11 Å². The van der Waals surface area contributed by atoms with E-state index in [1.165, 1.54) is 30.4 Å². The third-order valence-corrected chi connectivity index (χ3v) is 4.87. The first-order valence-corrected chi connectivity index (χ1v) is 7.98. The number of hydrogen-bond donors (Lipinski definition) is 1. The van der Waals surface area contributed by atoms with Crippen molar-refractivity contribution in [2.24, 2.45) is 5.92 Å². The first kappa shape index (κ1) is 12.6. The van der Waals surface area contributed by atoms with Crippen LogP contribution in [-0.4, -0.2) is 27.6 Å². The lowest BCUT2D eigenvalue weighted by molar-refractivity contribution is -0.0205. The average molecular weight is 310 g/mol. The summed E-state index contributed by atoms with van der Waals surface area (Å²) in [5, 5.41) is 10.9. The van der Waals surface area contributed by atoms with Crippen LogP contribution in [0, 0.1) is 5.92 Å². The molecular formula is C15H20BrNO. The molecule has 18 heavy (non-hydrogen) atoms. The topological polar surface area (TPSA) is 23.5 Å². The predicted octanol–water partition coefficient (Wildman–Crippen LogP) is 2.93. The van der Waals surface area contributed by atoms with Crippen molar-refractivity contribution in [3.8, 4) is 0 Å². The van der Waals surface area contributed by atoms with Gasteiger partial charge in [-0.15, -0.1) is 0 Å². The zero-order valence-corrected chi connectivity index (χ0v) is 12.1. The second kappa shape index (κ2) is 5.32. The minimum atomic E-state index is -0.359. The van der Waals surface area contributed by atoms with Crippen LogP contribution in [0.4, 0.5) is 0 Å². The van der Waals surface area contributed by atoms with E-state index in [9.17, 15) is 5.11 Å². The Balaban J connectivity index is 1.87. The fourth-order valence-electron chi connectivity index (χ4n) is 3.14. The molecule has 0 saturated heterocycles. The highest BCUT2D eigenvalue weighted by Gasteiger charge is 2.38. The second-order valence-electron chi connectivity index (χ2n) is 5.52. The van der Waals surface area contributed by atoms with E-state index in [4.69, 9.17) is 0 Å². The average Bonchev–Trinajstić information content (AvgIpc) is 3.22. The summed E-state index contributed by atoms with van der Waals surface area (Å²) in [5.74, 6) is 0.813. The molecular weight excluding hydrogens is 290 g/mol. The lowest BCUT2D eigenvalue weighted by Crippen LogP contribution is -2.44. The Hall–Kier alpha value is -0.380. The number of benzene rings is 1. The first-order chi connectivity index (χ1) is 8.79. The molecule has 1 saturated carbocycles. The van der Waals surface area contributed by atoms with Crippen LogP contribution >= 0.6 is 15.9 Å². The zero-order valence-electron chi connectivity index (χ0n) is 10.6. The van der Waals surface area contributed by atoms with E-state index in [2.05, 4.69) is 45.1 Å². The maximum Gasteiger partial charge on any atom is 0.117 e. The third kappa shape index (κ3) is 2.49. The van der Waals surface area contributed by atoms with E-state index in [0.29, 0.717) is 11.4 Å². The number of nitrogens with zero attached hydrogens (tertiary/aromatic N) is 1. The number of aliphatic hydroxyl groups excluding tert-OH is 1. The summed E-state index contributed by atoms with van der Waals surface area (Å²) in [6.45, 7) is 0.893. The number of hydrogen-bond acceptors (Lipinski definition) is 2. The summed E-state index contributed by atoms with van der Waals surface area (Å²) in [7, 11) is 0. The van der Waals surface area contributed by atoms with Crippen molar-refractivity contribution in [3.05, 3.63) is 35.4 Å². The van der Waals surface area contributed by atoms with Gasteiger partial charge in [0.2, 0.25) is 0 Å². The lowest BCUT2D eigenvalue weighted by Gasteiger charge is -2.33. The monoisotopic (exact) mass is 309 g/mol. The number of rotatable bonds is 3. The summed E-state index contributed by atoms with van der Waals surface area (Å²) >= 11 is 3.42. The zero-order chi connectivity index (χ0) is 12.5. The molecule has 3 heteroatoms. The van der Waals surface area contributed by atoms with E-state index in [1.54, 1.807) is 0 Å². The quantitative estimate of drug-likeness (QED) is 0.868. The van der Waals surface area contributed by atoms with Gasteiger partial charge in [-0.25, -0.2) is 0 Å². The largest absolute Gasteiger partial charge is 0.377 e. The van der Waals surface area contributed by atoms with Gasteiger partial charge in [0.05, 0.1) is 0 Å². The minimum absolute atomic E-state index is 0.359. The van der Waals surface area contributed by atoms with Crippen molar-refractivity contribution in [2.75, 3.05) is 5.33 Å². The highest BCUT2D eigenvalue weighted by molar-refractivity contribution is 9.09. The Bertz CT molecular complexity index is 419. The van der Waals surface area contributed by atoms with Gasteiger partial charge in [0.25, 0.3) is 0 Å². The molecule has 0 spiro atoms. The fourth-order valence-corrected chi connectivity index (χ4v) is 3.51. The lowest BCUT2D eigenvalue weighted by atomic mass is 10.0. The Morgan fingerprint density at radius 2 is 1.94 bits per heavy atom. The molecule has 0 bridgehead atoms. The molecule has 3 rings (SSSR count). The number of halogens is 1. The molecule has 2 nitrogen and oxygen atoms in total. The van der Waals surface area contributed by atoms with Gasteiger partial charge in [-0.05, 0) is 42.7 Å². The van der Waals surface area contributed by atoms with Crippen molar-refractivity contribution in [2.45, 2.75) is 44.5 Å². The fraction of sp³-hybridized carbons (Fsp3) is 0.600. The van der Waals surface area contributed by atoms with E-state index in [-0.39, 0.29) is 6.23 Å². The molecule has 1 fully saturated rings. The molecule has 1 unspecified atom stereocenters. The smallest absolute Gasteiger partial charge is 0.117 e. The van der Waals surface area contributed by atoms with Crippen molar-refractivity contribution >= 4 is 15.9 Å². The Morgan fingerprint density at radius 1 is 1.22 bits per heavy atom. The molecule has 0 amide bonds. The first-order valence-electron chi connectivity index (χ1n) is 6.86. The maximum atomic E-state index is 10.3. The van der Waals surface area contributed by atoms with Gasteiger partial charge in [-0.2, -0.15) is 0 Å². The molecule has 1 aromatic carbocycles. The summed E-state index contributed by atoms with van der Waals surface area (Å²) in [6, 6.07) is 9.24. The highest BCUT2D eigenvalue weighted by Crippen LogP contribution is 2.40. The second-order valence-corrected chi connectivity index (χ2v) is 6.17. The highest BCUT2D eigenvalue weighted by atomic mass is 79.9. The van der Waals surface area contributed by atoms with Gasteiger partial charge < -0.3 is 5.11 Å². The minimum Gasteiger partial charge on any atom is -0.377 e. The molecule has 1 aliphatic heterocycles. The third-order valence-electron chi connectivity index (χ3n) is 4.29. The SMILES string of the molecule is OC(CBr)N1Cc2ccccc2CC[C@H]1C1CC1. The number of aliphatic hydroxyl groups is 1. The normalized spacial score (nSPS) is 26.4. The van der Waals surface area contributed by atoms with E-state index in [0.717, 1.165) is 18.9 Å². The molecule has 2 atom stereocenters. The van der Waals surface area contributed by atoms with Crippen LogP contribution in [0.1, 0.15) is 30.4 Å². The van der Waals surface area contributed by atoms with Gasteiger partial charge in [-0.1, -0.05) is 40.2 Å². The number of alkyl halides is 1. The van der Waals surface area contributed by atoms with Gasteiger partial charge in [-0.3, -0.25) is 4.90 Å². The Labute approximate surface area is 117 Å². The molecule has 1 aliphatic carbocycles.